The van der Waals surface area contributed by atoms with E-state index < -0.39 is 22.9 Å². The predicted molar refractivity (Wildman–Crippen MR) is 202 cm³/mol. The number of unbranched alkanes of at least 4 members (excludes halogenated alkanes) is 1. The molecule has 5 aromatic carbocycles. The molecule has 5 aromatic rings. The number of halogens is 2. The minimum absolute atomic E-state index is 0.0691. The van der Waals surface area contributed by atoms with E-state index >= 15 is 0 Å². The molecule has 3 amide bonds. The molecule has 0 aromatic heterocycles. The Balaban J connectivity index is 1.29. The molecule has 0 spiro atoms. The minimum Gasteiger partial charge on any atom is -0.494 e. The number of carbonyl (C=O) groups excluding carboxylic acids is 3. The monoisotopic (exact) mass is 751 g/mol. The van der Waals surface area contributed by atoms with E-state index in [4.69, 9.17) is 4.74 Å². The molecule has 0 heterocycles. The van der Waals surface area contributed by atoms with Gasteiger partial charge in [-0.1, -0.05) is 83.9 Å². The maximum atomic E-state index is 14.3. The summed E-state index contributed by atoms with van der Waals surface area (Å²) in [5.41, 5.74) is 2.35. The third kappa shape index (κ3) is 10.4. The van der Waals surface area contributed by atoms with E-state index in [0.717, 1.165) is 33.5 Å². The Bertz CT molecular complexity index is 1940. The summed E-state index contributed by atoms with van der Waals surface area (Å²) in [6.07, 6.45) is 3.54. The Morgan fingerprint density at radius 3 is 2.12 bits per heavy atom. The summed E-state index contributed by atoms with van der Waals surface area (Å²) < 4.78 is 20.9. The lowest BCUT2D eigenvalue weighted by Crippen LogP contribution is -2.31. The number of amides is 3. The zero-order valence-electron chi connectivity index (χ0n) is 27.2. The average molecular weight is 753 g/mol. The molecule has 0 aliphatic carbocycles. The van der Waals surface area contributed by atoms with Gasteiger partial charge in [0, 0.05) is 20.7 Å². The number of nitrogens with one attached hydrogen (secondary N) is 3. The quantitative estimate of drug-likeness (QED) is 0.0597. The normalized spacial score (nSPS) is 11.7. The molecule has 254 valence electrons. The van der Waals surface area contributed by atoms with Gasteiger partial charge in [0.05, 0.1) is 12.2 Å². The van der Waals surface area contributed by atoms with Gasteiger partial charge >= 0.3 is 0 Å². The topological polar surface area (TPSA) is 96.5 Å². The van der Waals surface area contributed by atoms with E-state index in [1.807, 2.05) is 66.7 Å². The highest BCUT2D eigenvalue weighted by Crippen LogP contribution is 2.37. The molecule has 0 aliphatic rings. The van der Waals surface area contributed by atoms with E-state index in [1.54, 1.807) is 42.5 Å². The Morgan fingerprint density at radius 2 is 1.44 bits per heavy atom. The number of benzene rings is 5. The zero-order chi connectivity index (χ0) is 35.3. The van der Waals surface area contributed by atoms with Crippen molar-refractivity contribution in [3.05, 3.63) is 160 Å². The van der Waals surface area contributed by atoms with Crippen molar-refractivity contribution in [3.63, 3.8) is 0 Å². The van der Waals surface area contributed by atoms with E-state index in [0.29, 0.717) is 23.5 Å². The Hall–Kier alpha value is -5.19. The molecule has 5 rings (SSSR count). The van der Waals surface area contributed by atoms with Gasteiger partial charge in [-0.15, -0.1) is 11.8 Å². The van der Waals surface area contributed by atoms with Crippen molar-refractivity contribution in [2.75, 3.05) is 17.2 Å². The molecule has 0 bridgehead atoms. The predicted octanol–water partition coefficient (Wildman–Crippen LogP) is 9.65. The van der Waals surface area contributed by atoms with Crippen LogP contribution in [-0.4, -0.2) is 24.3 Å². The van der Waals surface area contributed by atoms with E-state index in [-0.39, 0.29) is 17.2 Å². The third-order valence-corrected chi connectivity index (χ3v) is 9.18. The summed E-state index contributed by atoms with van der Waals surface area (Å²) in [6.45, 7) is 2.75. The maximum absolute atomic E-state index is 14.3. The average Bonchev–Trinajstić information content (AvgIpc) is 3.13. The molecule has 0 saturated heterocycles. The molecule has 0 saturated carbocycles. The summed E-state index contributed by atoms with van der Waals surface area (Å²) in [7, 11) is 0. The van der Waals surface area contributed by atoms with Gasteiger partial charge in [0.25, 0.3) is 11.8 Å². The first-order valence-electron chi connectivity index (χ1n) is 16.0. The molecule has 0 unspecified atom stereocenters. The molecular formula is C40H35BrFN3O4S. The minimum atomic E-state index is -0.755. The largest absolute Gasteiger partial charge is 0.494 e. The maximum Gasteiger partial charge on any atom is 0.272 e. The van der Waals surface area contributed by atoms with Crippen LogP contribution in [0.15, 0.2) is 142 Å². The van der Waals surface area contributed by atoms with Crippen LogP contribution in [0.4, 0.5) is 15.8 Å². The van der Waals surface area contributed by atoms with Crippen LogP contribution in [0.1, 0.15) is 46.5 Å². The van der Waals surface area contributed by atoms with Crippen molar-refractivity contribution in [1.82, 2.24) is 5.32 Å². The highest BCUT2D eigenvalue weighted by molar-refractivity contribution is 9.10. The summed E-state index contributed by atoms with van der Waals surface area (Å²) >= 11 is 4.76. The van der Waals surface area contributed by atoms with Crippen molar-refractivity contribution < 1.29 is 23.5 Å². The van der Waals surface area contributed by atoms with Crippen LogP contribution in [-0.2, 0) is 9.59 Å². The van der Waals surface area contributed by atoms with Crippen LogP contribution in [0.2, 0.25) is 0 Å². The highest BCUT2D eigenvalue weighted by atomic mass is 79.9. The molecule has 3 N–H and O–H groups in total. The summed E-state index contributed by atoms with van der Waals surface area (Å²) in [4.78, 5) is 40.8. The second kappa shape index (κ2) is 18.0. The SMILES string of the molecule is CCCCOc1ccc(NC(=O)[C@@H](Sc2ccc(NC(=O)/C(=C\c3ccc(Br)cc3)NC(=O)c3ccccc3F)cc2)c2ccccc2)cc1. The van der Waals surface area contributed by atoms with Crippen LogP contribution in [0.3, 0.4) is 0 Å². The van der Waals surface area contributed by atoms with Crippen molar-refractivity contribution in [3.8, 4) is 5.75 Å². The molecule has 10 heteroatoms. The van der Waals surface area contributed by atoms with Gasteiger partial charge in [0.1, 0.15) is 22.5 Å². The number of rotatable bonds is 14. The molecule has 0 radical (unpaired) electrons. The van der Waals surface area contributed by atoms with Crippen molar-refractivity contribution in [2.45, 2.75) is 29.9 Å². The number of ether oxygens (including phenoxy) is 1. The number of thioether (sulfide) groups is 1. The fourth-order valence-corrected chi connectivity index (χ4v) is 6.04. The lowest BCUT2D eigenvalue weighted by molar-refractivity contribution is -0.116. The van der Waals surface area contributed by atoms with Crippen LogP contribution in [0, 0.1) is 5.82 Å². The molecule has 0 aliphatic heterocycles. The zero-order valence-corrected chi connectivity index (χ0v) is 29.6. The molecular weight excluding hydrogens is 717 g/mol. The lowest BCUT2D eigenvalue weighted by Gasteiger charge is -2.18. The Morgan fingerprint density at radius 1 is 0.800 bits per heavy atom. The fraction of sp³-hybridized carbons (Fsp3) is 0.125. The number of anilines is 2. The van der Waals surface area contributed by atoms with Gasteiger partial charge in [-0.05, 0) is 96.4 Å². The van der Waals surface area contributed by atoms with E-state index in [1.165, 1.54) is 36.0 Å². The summed E-state index contributed by atoms with van der Waals surface area (Å²) in [6, 6.07) is 36.6. The van der Waals surface area contributed by atoms with Gasteiger partial charge in [0.15, 0.2) is 0 Å². The number of hydrogen-bond acceptors (Lipinski definition) is 5. The summed E-state index contributed by atoms with van der Waals surface area (Å²) in [5.74, 6) is -1.49. The van der Waals surface area contributed by atoms with Crippen LogP contribution in [0.25, 0.3) is 6.08 Å². The molecule has 50 heavy (non-hydrogen) atoms. The van der Waals surface area contributed by atoms with Crippen molar-refractivity contribution >= 4 is 62.9 Å². The third-order valence-electron chi connectivity index (χ3n) is 7.39. The van der Waals surface area contributed by atoms with Gasteiger partial charge in [-0.25, -0.2) is 4.39 Å². The van der Waals surface area contributed by atoms with Gasteiger partial charge in [-0.2, -0.15) is 0 Å². The van der Waals surface area contributed by atoms with Crippen molar-refractivity contribution in [2.24, 2.45) is 0 Å². The Kier molecular flexibility index (Phi) is 13.0. The van der Waals surface area contributed by atoms with Gasteiger partial charge in [0.2, 0.25) is 5.91 Å². The molecule has 0 fully saturated rings. The summed E-state index contributed by atoms with van der Waals surface area (Å²) in [5, 5.41) is 7.83. The second-order valence-electron chi connectivity index (χ2n) is 11.1. The highest BCUT2D eigenvalue weighted by Gasteiger charge is 2.23. The fourth-order valence-electron chi connectivity index (χ4n) is 4.75. The standard InChI is InChI=1S/C40H35BrFN3O4S/c1-2-3-25-49-32-21-17-30(18-22-32)44-40(48)37(28-9-5-4-6-10-28)50-33-23-19-31(20-24-33)43-39(47)36(26-27-13-15-29(41)16-14-27)45-38(46)34-11-7-8-12-35(34)42/h4-24,26,37H,2-3,25H2,1H3,(H,43,47)(H,44,48)(H,45,46)/b36-26+/t37-/m0/s1. The lowest BCUT2D eigenvalue weighted by atomic mass is 10.1. The number of hydrogen-bond donors (Lipinski definition) is 3. The van der Waals surface area contributed by atoms with Crippen molar-refractivity contribution in [1.29, 1.82) is 0 Å². The Labute approximate surface area is 303 Å². The van der Waals surface area contributed by atoms with Crippen LogP contribution < -0.4 is 20.7 Å². The first-order chi connectivity index (χ1) is 24.3. The first-order valence-corrected chi connectivity index (χ1v) is 17.7. The number of carbonyl (C=O) groups is 3. The smallest absolute Gasteiger partial charge is 0.272 e. The first kappa shape index (κ1) is 36.1. The van der Waals surface area contributed by atoms with Crippen LogP contribution in [0.5, 0.6) is 5.75 Å². The second-order valence-corrected chi connectivity index (χ2v) is 13.2. The van der Waals surface area contributed by atoms with Gasteiger partial charge < -0.3 is 20.7 Å². The molecule has 1 atom stereocenters. The van der Waals surface area contributed by atoms with E-state index in [2.05, 4.69) is 38.8 Å². The van der Waals surface area contributed by atoms with Gasteiger partial charge in [-0.3, -0.25) is 14.4 Å². The van der Waals surface area contributed by atoms with E-state index in [9.17, 15) is 18.8 Å². The molecule has 7 nitrogen and oxygen atoms in total. The van der Waals surface area contributed by atoms with Crippen LogP contribution >= 0.6 is 27.7 Å².